The minimum Gasteiger partial charge on any atom is -0.361 e. The second kappa shape index (κ2) is 7.55. The molecule has 1 saturated carbocycles. The van der Waals surface area contributed by atoms with Crippen LogP contribution in [0.3, 0.4) is 0 Å². The van der Waals surface area contributed by atoms with Crippen molar-refractivity contribution in [2.75, 3.05) is 0 Å². The molecule has 29 heavy (non-hydrogen) atoms. The normalized spacial score (nSPS) is 16.0. The fourth-order valence-corrected chi connectivity index (χ4v) is 5.50. The van der Waals surface area contributed by atoms with E-state index in [2.05, 4.69) is 56.7 Å². The lowest BCUT2D eigenvalue weighted by Gasteiger charge is -2.26. The molecule has 6 heteroatoms. The van der Waals surface area contributed by atoms with Crippen molar-refractivity contribution >= 4 is 33.6 Å². The molecule has 0 N–H and O–H groups in total. The quantitative estimate of drug-likeness (QED) is 0.320. The first-order valence-corrected chi connectivity index (χ1v) is 11.2. The minimum absolute atomic E-state index is 0.228. The predicted molar refractivity (Wildman–Crippen MR) is 122 cm³/mol. The highest BCUT2D eigenvalue weighted by molar-refractivity contribution is 14.1. The van der Waals surface area contributed by atoms with Crippen molar-refractivity contribution in [1.82, 2.24) is 19.7 Å². The van der Waals surface area contributed by atoms with Crippen LogP contribution in [-0.4, -0.2) is 19.7 Å². The third kappa shape index (κ3) is 3.27. The highest BCUT2D eigenvalue weighted by Gasteiger charge is 2.30. The lowest BCUT2D eigenvalue weighted by atomic mass is 9.94. The Bertz CT molecular complexity index is 1140. The van der Waals surface area contributed by atoms with Crippen molar-refractivity contribution in [3.05, 3.63) is 63.6 Å². The van der Waals surface area contributed by atoms with E-state index in [4.69, 9.17) is 14.5 Å². The summed E-state index contributed by atoms with van der Waals surface area (Å²) in [6.45, 7) is 3.94. The molecule has 0 spiro atoms. The van der Waals surface area contributed by atoms with Gasteiger partial charge in [0.2, 0.25) is 0 Å². The summed E-state index contributed by atoms with van der Waals surface area (Å²) in [6.07, 6.45) is 11.2. The van der Waals surface area contributed by atoms with Gasteiger partial charge in [-0.25, -0.2) is 0 Å². The monoisotopic (exact) mass is 498 g/mol. The van der Waals surface area contributed by atoms with E-state index in [0.717, 1.165) is 39.3 Å². The predicted octanol–water partition coefficient (Wildman–Crippen LogP) is 6.09. The molecular weight excluding hydrogens is 475 g/mol. The molecule has 5 rings (SSSR count). The summed E-state index contributed by atoms with van der Waals surface area (Å²) in [5.74, 6) is 1.42. The second-order valence-electron chi connectivity index (χ2n) is 7.92. The van der Waals surface area contributed by atoms with Gasteiger partial charge in [-0.3, -0.25) is 9.97 Å². The number of rotatable bonds is 4. The van der Waals surface area contributed by atoms with Crippen molar-refractivity contribution in [1.29, 1.82) is 0 Å². The fourth-order valence-electron chi connectivity index (χ4n) is 4.78. The van der Waals surface area contributed by atoms with Gasteiger partial charge in [-0.2, -0.15) is 0 Å². The van der Waals surface area contributed by atoms with Crippen molar-refractivity contribution in [2.45, 2.75) is 45.6 Å². The Balaban J connectivity index is 1.71. The van der Waals surface area contributed by atoms with Crippen molar-refractivity contribution in [3.63, 3.8) is 0 Å². The van der Waals surface area contributed by atoms with Crippen molar-refractivity contribution in [2.24, 2.45) is 5.92 Å². The molecule has 1 aliphatic rings. The summed E-state index contributed by atoms with van der Waals surface area (Å²) in [7, 11) is 0. The third-order valence-electron chi connectivity index (χ3n) is 6.08. The molecule has 1 unspecified atom stereocenters. The van der Waals surface area contributed by atoms with Crippen LogP contribution in [-0.2, 0) is 0 Å². The van der Waals surface area contributed by atoms with E-state index in [0.29, 0.717) is 5.92 Å². The van der Waals surface area contributed by atoms with Crippen LogP contribution in [0.2, 0.25) is 0 Å². The first-order chi connectivity index (χ1) is 14.1. The molecule has 0 aliphatic heterocycles. The van der Waals surface area contributed by atoms with E-state index < -0.39 is 0 Å². The molecule has 4 heterocycles. The topological polar surface area (TPSA) is 56.7 Å². The molecule has 4 aromatic heterocycles. The standard InChI is InChI=1S/C23H23IN4O/c1-14-21(15(2)29-27-14)17-11-20-22(26-12-17)18(24)13-28(20)23(16-7-3-4-8-16)19-9-5-6-10-25-19/h5-6,9-13,16,23H,3-4,7-8H2,1-2H3. The van der Waals surface area contributed by atoms with E-state index in [1.54, 1.807) is 0 Å². The largest absolute Gasteiger partial charge is 0.361 e. The zero-order valence-corrected chi connectivity index (χ0v) is 18.8. The molecule has 1 aliphatic carbocycles. The van der Waals surface area contributed by atoms with Crippen LogP contribution in [0.15, 0.2) is 47.4 Å². The molecule has 0 bridgehead atoms. The molecule has 148 valence electrons. The molecule has 0 aromatic carbocycles. The van der Waals surface area contributed by atoms with Crippen LogP contribution in [0.1, 0.15) is 48.9 Å². The van der Waals surface area contributed by atoms with Gasteiger partial charge in [-0.05, 0) is 73.4 Å². The van der Waals surface area contributed by atoms with E-state index in [9.17, 15) is 0 Å². The molecular formula is C23H23IN4O. The Morgan fingerprint density at radius 2 is 2.00 bits per heavy atom. The number of fused-ring (bicyclic) bond motifs is 1. The maximum absolute atomic E-state index is 5.40. The zero-order chi connectivity index (χ0) is 20.0. The Morgan fingerprint density at radius 1 is 1.17 bits per heavy atom. The Hall–Kier alpha value is -2.22. The van der Waals surface area contributed by atoms with Crippen molar-refractivity contribution < 1.29 is 4.52 Å². The SMILES string of the molecule is Cc1noc(C)c1-c1cnc2c(I)cn(C(c3ccccn3)C3CCCC3)c2c1. The Labute approximate surface area is 183 Å². The highest BCUT2D eigenvalue weighted by atomic mass is 127. The van der Waals surface area contributed by atoms with Gasteiger partial charge in [0.15, 0.2) is 0 Å². The number of aromatic nitrogens is 4. The van der Waals surface area contributed by atoms with Crippen LogP contribution < -0.4 is 0 Å². The number of nitrogens with zero attached hydrogens (tertiary/aromatic N) is 4. The maximum Gasteiger partial charge on any atom is 0.141 e. The first kappa shape index (κ1) is 18.8. The van der Waals surface area contributed by atoms with Crippen LogP contribution in [0.4, 0.5) is 0 Å². The second-order valence-corrected chi connectivity index (χ2v) is 9.08. The summed E-state index contributed by atoms with van der Waals surface area (Å²) >= 11 is 2.40. The lowest BCUT2D eigenvalue weighted by Crippen LogP contribution is -2.19. The first-order valence-electron chi connectivity index (χ1n) is 10.1. The minimum atomic E-state index is 0.228. The average molecular weight is 498 g/mol. The number of hydrogen-bond acceptors (Lipinski definition) is 4. The molecule has 0 saturated heterocycles. The van der Waals surface area contributed by atoms with Gasteiger partial charge in [-0.1, -0.05) is 24.1 Å². The van der Waals surface area contributed by atoms with Crippen molar-refractivity contribution in [3.8, 4) is 11.1 Å². The Kier molecular flexibility index (Phi) is 4.89. The van der Waals surface area contributed by atoms with Gasteiger partial charge >= 0.3 is 0 Å². The smallest absolute Gasteiger partial charge is 0.141 e. The lowest BCUT2D eigenvalue weighted by molar-refractivity contribution is 0.386. The van der Waals surface area contributed by atoms with Gasteiger partial charge in [-0.15, -0.1) is 0 Å². The average Bonchev–Trinajstić information content (AvgIpc) is 3.44. The summed E-state index contributed by atoms with van der Waals surface area (Å²) in [5.41, 5.74) is 6.31. The van der Waals surface area contributed by atoms with E-state index >= 15 is 0 Å². The van der Waals surface area contributed by atoms with E-state index in [-0.39, 0.29) is 6.04 Å². The Morgan fingerprint density at radius 3 is 2.69 bits per heavy atom. The molecule has 4 aromatic rings. The molecule has 5 nitrogen and oxygen atoms in total. The van der Waals surface area contributed by atoms with Crippen LogP contribution >= 0.6 is 22.6 Å². The van der Waals surface area contributed by atoms with E-state index in [1.165, 1.54) is 29.3 Å². The summed E-state index contributed by atoms with van der Waals surface area (Å²) in [6, 6.07) is 8.71. The number of hydrogen-bond donors (Lipinski definition) is 0. The zero-order valence-electron chi connectivity index (χ0n) is 16.6. The van der Waals surface area contributed by atoms with Gasteiger partial charge in [0, 0.05) is 29.7 Å². The highest BCUT2D eigenvalue weighted by Crippen LogP contribution is 2.41. The van der Waals surface area contributed by atoms with Gasteiger partial charge in [0.05, 0.1) is 26.5 Å². The van der Waals surface area contributed by atoms with Gasteiger partial charge < -0.3 is 9.09 Å². The molecule has 0 radical (unpaired) electrons. The van der Waals surface area contributed by atoms with Crippen LogP contribution in [0.5, 0.6) is 0 Å². The van der Waals surface area contributed by atoms with Crippen LogP contribution in [0.25, 0.3) is 22.2 Å². The molecule has 0 amide bonds. The van der Waals surface area contributed by atoms with Crippen LogP contribution in [0, 0.1) is 23.3 Å². The summed E-state index contributed by atoms with van der Waals surface area (Å²) in [5, 5.41) is 4.12. The molecule has 1 atom stereocenters. The van der Waals surface area contributed by atoms with Gasteiger partial charge in [0.1, 0.15) is 11.3 Å². The number of aryl methyl sites for hydroxylation is 2. The number of pyridine rings is 2. The maximum atomic E-state index is 5.40. The van der Waals surface area contributed by atoms with E-state index in [1.807, 2.05) is 32.3 Å². The van der Waals surface area contributed by atoms with Gasteiger partial charge in [0.25, 0.3) is 0 Å². The number of halogens is 1. The summed E-state index contributed by atoms with van der Waals surface area (Å²) in [4.78, 5) is 9.57. The molecule has 1 fully saturated rings. The fraction of sp³-hybridized carbons (Fsp3) is 0.348. The third-order valence-corrected chi connectivity index (χ3v) is 6.87. The summed E-state index contributed by atoms with van der Waals surface area (Å²) < 4.78 is 8.97.